The Bertz CT molecular complexity index is 565. The molecular weight excluding hydrogens is 215 g/mol. The van der Waals surface area contributed by atoms with Crippen molar-refractivity contribution in [2.24, 2.45) is 7.05 Å². The number of halogens is 1. The molecule has 2 aromatic rings. The molecule has 1 aromatic heterocycles. The number of aryl methyl sites for hydroxylation is 1. The molecule has 0 saturated carbocycles. The fourth-order valence-corrected chi connectivity index (χ4v) is 3.03. The maximum absolute atomic E-state index is 13.9. The number of hydrogen-bond donors (Lipinski definition) is 1. The molecular formula is C14H17FN2. The van der Waals surface area contributed by atoms with Crippen molar-refractivity contribution in [1.29, 1.82) is 0 Å². The average molecular weight is 232 g/mol. The van der Waals surface area contributed by atoms with Crippen LogP contribution >= 0.6 is 0 Å². The minimum Gasteiger partial charge on any atom is -0.345 e. The molecule has 1 N–H and O–H groups in total. The molecule has 2 heterocycles. The summed E-state index contributed by atoms with van der Waals surface area (Å²) < 4.78 is 15.9. The lowest BCUT2D eigenvalue weighted by Crippen LogP contribution is -2.08. The van der Waals surface area contributed by atoms with Crippen LogP contribution in [-0.4, -0.2) is 17.7 Å². The number of para-hydroxylation sites is 1. The Hall–Kier alpha value is -1.35. The molecule has 0 spiro atoms. The number of hydrogen-bond acceptors (Lipinski definition) is 1. The summed E-state index contributed by atoms with van der Waals surface area (Å²) in [6.45, 7) is 4.17. The Balaban J connectivity index is 2.30. The highest BCUT2D eigenvalue weighted by Gasteiger charge is 2.24. The number of aromatic nitrogens is 1. The van der Waals surface area contributed by atoms with E-state index >= 15 is 0 Å². The molecule has 1 unspecified atom stereocenters. The lowest BCUT2D eigenvalue weighted by atomic mass is 9.95. The molecule has 0 bridgehead atoms. The topological polar surface area (TPSA) is 17.0 Å². The number of nitrogens with one attached hydrogen (secondary N) is 1. The Morgan fingerprint density at radius 1 is 1.41 bits per heavy atom. The zero-order valence-corrected chi connectivity index (χ0v) is 10.3. The molecule has 1 saturated heterocycles. The molecule has 1 aromatic carbocycles. The normalized spacial score (nSPS) is 20.3. The maximum atomic E-state index is 13.9. The van der Waals surface area contributed by atoms with E-state index in [1.165, 1.54) is 11.3 Å². The minimum atomic E-state index is -0.120. The monoisotopic (exact) mass is 232 g/mol. The third-order valence-electron chi connectivity index (χ3n) is 3.97. The SMILES string of the molecule is Cc1c(C2CCNC2)c2cccc(F)c2n1C. The summed E-state index contributed by atoms with van der Waals surface area (Å²) in [6.07, 6.45) is 1.15. The fraction of sp³-hybridized carbons (Fsp3) is 0.429. The molecule has 3 rings (SSSR count). The third kappa shape index (κ3) is 1.49. The Morgan fingerprint density at radius 2 is 2.24 bits per heavy atom. The van der Waals surface area contributed by atoms with Gasteiger partial charge in [-0.1, -0.05) is 12.1 Å². The van der Waals surface area contributed by atoms with Gasteiger partial charge in [0, 0.05) is 24.7 Å². The van der Waals surface area contributed by atoms with Crippen LogP contribution in [0.1, 0.15) is 23.6 Å². The van der Waals surface area contributed by atoms with Crippen molar-refractivity contribution >= 4 is 10.9 Å². The molecule has 3 heteroatoms. The van der Waals surface area contributed by atoms with Crippen molar-refractivity contribution in [3.05, 3.63) is 35.3 Å². The van der Waals surface area contributed by atoms with E-state index in [9.17, 15) is 4.39 Å². The van der Waals surface area contributed by atoms with Crippen LogP contribution in [0, 0.1) is 12.7 Å². The molecule has 90 valence electrons. The number of nitrogens with zero attached hydrogens (tertiary/aromatic N) is 1. The van der Waals surface area contributed by atoms with Gasteiger partial charge < -0.3 is 9.88 Å². The summed E-state index contributed by atoms with van der Waals surface area (Å²) in [5.74, 6) is 0.408. The Labute approximate surface area is 100 Å². The van der Waals surface area contributed by atoms with Crippen LogP contribution in [-0.2, 0) is 7.05 Å². The average Bonchev–Trinajstić information content (AvgIpc) is 2.89. The van der Waals surface area contributed by atoms with E-state index < -0.39 is 0 Å². The van der Waals surface area contributed by atoms with Gasteiger partial charge >= 0.3 is 0 Å². The minimum absolute atomic E-state index is 0.120. The second-order valence-corrected chi connectivity index (χ2v) is 4.88. The maximum Gasteiger partial charge on any atom is 0.147 e. The summed E-state index contributed by atoms with van der Waals surface area (Å²) in [5, 5.41) is 4.47. The van der Waals surface area contributed by atoms with Gasteiger partial charge in [-0.3, -0.25) is 0 Å². The van der Waals surface area contributed by atoms with Crippen LogP contribution in [0.15, 0.2) is 18.2 Å². The smallest absolute Gasteiger partial charge is 0.147 e. The molecule has 17 heavy (non-hydrogen) atoms. The molecule has 1 atom stereocenters. The number of benzene rings is 1. The van der Waals surface area contributed by atoms with Crippen LogP contribution in [0.3, 0.4) is 0 Å². The van der Waals surface area contributed by atoms with E-state index in [0.717, 1.165) is 30.4 Å². The predicted octanol–water partition coefficient (Wildman–Crippen LogP) is 2.70. The molecule has 0 radical (unpaired) electrons. The molecule has 1 aliphatic rings. The van der Waals surface area contributed by atoms with E-state index in [1.807, 2.05) is 23.7 Å². The second-order valence-electron chi connectivity index (χ2n) is 4.88. The van der Waals surface area contributed by atoms with Gasteiger partial charge in [0.1, 0.15) is 5.82 Å². The quantitative estimate of drug-likeness (QED) is 0.800. The van der Waals surface area contributed by atoms with Gasteiger partial charge in [0.15, 0.2) is 0 Å². The summed E-state index contributed by atoms with van der Waals surface area (Å²) in [6, 6.07) is 5.39. The van der Waals surface area contributed by atoms with Crippen molar-refractivity contribution in [2.75, 3.05) is 13.1 Å². The summed E-state index contributed by atoms with van der Waals surface area (Å²) in [4.78, 5) is 0. The van der Waals surface area contributed by atoms with Crippen molar-refractivity contribution in [1.82, 2.24) is 9.88 Å². The first-order chi connectivity index (χ1) is 8.20. The predicted molar refractivity (Wildman–Crippen MR) is 67.8 cm³/mol. The summed E-state index contributed by atoms with van der Waals surface area (Å²) in [5.41, 5.74) is 3.26. The highest BCUT2D eigenvalue weighted by molar-refractivity contribution is 5.86. The van der Waals surface area contributed by atoms with Gasteiger partial charge in [-0.05, 0) is 37.4 Å². The van der Waals surface area contributed by atoms with Crippen LogP contribution in [0.2, 0.25) is 0 Å². The van der Waals surface area contributed by atoms with Gasteiger partial charge in [0.2, 0.25) is 0 Å². The zero-order chi connectivity index (χ0) is 12.0. The largest absolute Gasteiger partial charge is 0.345 e. The van der Waals surface area contributed by atoms with Crippen molar-refractivity contribution < 1.29 is 4.39 Å². The van der Waals surface area contributed by atoms with E-state index in [1.54, 1.807) is 6.07 Å². The van der Waals surface area contributed by atoms with Crippen LogP contribution in [0.4, 0.5) is 4.39 Å². The van der Waals surface area contributed by atoms with E-state index in [0.29, 0.717) is 5.92 Å². The fourth-order valence-electron chi connectivity index (χ4n) is 3.03. The van der Waals surface area contributed by atoms with Gasteiger partial charge in [0.25, 0.3) is 0 Å². The van der Waals surface area contributed by atoms with Crippen LogP contribution in [0.25, 0.3) is 10.9 Å². The van der Waals surface area contributed by atoms with Crippen molar-refractivity contribution in [2.45, 2.75) is 19.3 Å². The number of fused-ring (bicyclic) bond motifs is 1. The first kappa shape index (κ1) is 10.8. The highest BCUT2D eigenvalue weighted by atomic mass is 19.1. The van der Waals surface area contributed by atoms with Gasteiger partial charge in [-0.15, -0.1) is 0 Å². The lowest BCUT2D eigenvalue weighted by molar-refractivity contribution is 0.631. The summed E-state index contributed by atoms with van der Waals surface area (Å²) >= 11 is 0. The van der Waals surface area contributed by atoms with E-state index in [-0.39, 0.29) is 5.82 Å². The Kier molecular flexibility index (Phi) is 2.44. The van der Waals surface area contributed by atoms with Crippen LogP contribution in [0.5, 0.6) is 0 Å². The highest BCUT2D eigenvalue weighted by Crippen LogP contribution is 2.35. The zero-order valence-electron chi connectivity index (χ0n) is 10.3. The molecule has 1 fully saturated rings. The first-order valence-corrected chi connectivity index (χ1v) is 6.14. The number of rotatable bonds is 1. The Morgan fingerprint density at radius 3 is 2.94 bits per heavy atom. The molecule has 2 nitrogen and oxygen atoms in total. The summed E-state index contributed by atoms with van der Waals surface area (Å²) in [7, 11) is 1.95. The van der Waals surface area contributed by atoms with E-state index in [4.69, 9.17) is 0 Å². The van der Waals surface area contributed by atoms with Gasteiger partial charge in [-0.2, -0.15) is 0 Å². The third-order valence-corrected chi connectivity index (χ3v) is 3.97. The second kappa shape index (κ2) is 3.84. The van der Waals surface area contributed by atoms with Crippen LogP contribution < -0.4 is 5.32 Å². The standard InChI is InChI=1S/C14H17FN2/c1-9-13(10-6-7-16-8-10)11-4-3-5-12(15)14(11)17(9)2/h3-5,10,16H,6-8H2,1-2H3. The van der Waals surface area contributed by atoms with Gasteiger partial charge in [0.05, 0.1) is 5.52 Å². The van der Waals surface area contributed by atoms with Crippen molar-refractivity contribution in [3.8, 4) is 0 Å². The van der Waals surface area contributed by atoms with Gasteiger partial charge in [-0.25, -0.2) is 4.39 Å². The van der Waals surface area contributed by atoms with Crippen molar-refractivity contribution in [3.63, 3.8) is 0 Å². The molecule has 0 amide bonds. The lowest BCUT2D eigenvalue weighted by Gasteiger charge is -2.09. The first-order valence-electron chi connectivity index (χ1n) is 6.14. The van der Waals surface area contributed by atoms with E-state index in [2.05, 4.69) is 12.2 Å². The molecule has 0 aliphatic carbocycles. The molecule has 1 aliphatic heterocycles.